The van der Waals surface area contributed by atoms with E-state index >= 15 is 0 Å². The van der Waals surface area contributed by atoms with E-state index in [4.69, 9.17) is 20.6 Å². The van der Waals surface area contributed by atoms with Crippen molar-refractivity contribution in [2.75, 3.05) is 33.0 Å². The van der Waals surface area contributed by atoms with Gasteiger partial charge in [-0.2, -0.15) is 0 Å². The summed E-state index contributed by atoms with van der Waals surface area (Å²) in [5.41, 5.74) is 0.373. The molecule has 0 saturated carbocycles. The van der Waals surface area contributed by atoms with Gasteiger partial charge in [-0.1, -0.05) is 36.3 Å². The van der Waals surface area contributed by atoms with Gasteiger partial charge in [0.15, 0.2) is 5.72 Å². The second-order valence-corrected chi connectivity index (χ2v) is 8.09. The van der Waals surface area contributed by atoms with Crippen LogP contribution in [0.2, 0.25) is 0 Å². The maximum Gasteiger partial charge on any atom is 0.415 e. The minimum absolute atomic E-state index is 0.0159. The van der Waals surface area contributed by atoms with Gasteiger partial charge in [-0.25, -0.2) is 4.79 Å². The summed E-state index contributed by atoms with van der Waals surface area (Å²) in [5, 5.41) is 0. The number of amides is 2. The normalized spacial score (nSPS) is 25.5. The standard InChI is InChI=1S/C23H30N2O5/c1-5-12-28-14-15-29-13-11-24-17(2)19(18-9-7-6-8-10-18)16-20(21(24)26)25-22(27)30-23(25,3)4/h1,6-10,17,19-20H,11-16H2,2-4H3. The van der Waals surface area contributed by atoms with E-state index in [1.54, 1.807) is 18.7 Å². The third kappa shape index (κ3) is 4.61. The lowest BCUT2D eigenvalue weighted by atomic mass is 9.80. The molecule has 2 fully saturated rings. The summed E-state index contributed by atoms with van der Waals surface area (Å²) in [6, 6.07) is 9.55. The zero-order valence-corrected chi connectivity index (χ0v) is 17.9. The Labute approximate surface area is 178 Å². The average Bonchev–Trinajstić information content (AvgIpc) is 2.71. The molecule has 0 aromatic heterocycles. The van der Waals surface area contributed by atoms with Crippen LogP contribution in [-0.2, 0) is 19.0 Å². The lowest BCUT2D eigenvalue weighted by Gasteiger charge is -2.54. The Hall–Kier alpha value is -2.56. The van der Waals surface area contributed by atoms with Gasteiger partial charge in [0, 0.05) is 18.5 Å². The molecule has 0 spiro atoms. The van der Waals surface area contributed by atoms with Crippen molar-refractivity contribution in [2.45, 2.75) is 50.9 Å². The van der Waals surface area contributed by atoms with Crippen molar-refractivity contribution in [3.63, 3.8) is 0 Å². The lowest BCUT2D eigenvalue weighted by Crippen LogP contribution is -2.71. The summed E-state index contributed by atoms with van der Waals surface area (Å²) in [4.78, 5) is 28.9. The molecule has 2 heterocycles. The highest BCUT2D eigenvalue weighted by Crippen LogP contribution is 2.40. The number of hydrogen-bond acceptors (Lipinski definition) is 5. The molecule has 0 aliphatic carbocycles. The van der Waals surface area contributed by atoms with Crippen LogP contribution in [0.15, 0.2) is 30.3 Å². The number of nitrogens with zero attached hydrogens (tertiary/aromatic N) is 2. The molecule has 162 valence electrons. The van der Waals surface area contributed by atoms with Crippen molar-refractivity contribution in [2.24, 2.45) is 0 Å². The fraction of sp³-hybridized carbons (Fsp3) is 0.565. The summed E-state index contributed by atoms with van der Waals surface area (Å²) in [6.45, 7) is 7.58. The highest BCUT2D eigenvalue weighted by Gasteiger charge is 2.55. The summed E-state index contributed by atoms with van der Waals surface area (Å²) in [7, 11) is 0. The van der Waals surface area contributed by atoms with E-state index in [9.17, 15) is 9.59 Å². The van der Waals surface area contributed by atoms with Crippen molar-refractivity contribution < 1.29 is 23.8 Å². The van der Waals surface area contributed by atoms with Crippen molar-refractivity contribution >= 4 is 12.0 Å². The van der Waals surface area contributed by atoms with Gasteiger partial charge in [0.2, 0.25) is 5.91 Å². The largest absolute Gasteiger partial charge is 0.423 e. The summed E-state index contributed by atoms with van der Waals surface area (Å²) in [5.74, 6) is 2.45. The van der Waals surface area contributed by atoms with Crippen LogP contribution in [-0.4, -0.2) is 72.6 Å². The molecule has 3 atom stereocenters. The zero-order chi connectivity index (χ0) is 21.7. The second kappa shape index (κ2) is 9.50. The summed E-state index contributed by atoms with van der Waals surface area (Å²) in [6.07, 6.45) is 5.27. The quantitative estimate of drug-likeness (QED) is 0.459. The minimum atomic E-state index is -0.782. The van der Waals surface area contributed by atoms with Crippen molar-refractivity contribution in [1.29, 1.82) is 0 Å². The van der Waals surface area contributed by atoms with Gasteiger partial charge in [-0.05, 0) is 32.8 Å². The second-order valence-electron chi connectivity index (χ2n) is 8.09. The van der Waals surface area contributed by atoms with Gasteiger partial charge >= 0.3 is 6.09 Å². The van der Waals surface area contributed by atoms with Crippen LogP contribution >= 0.6 is 0 Å². The fourth-order valence-corrected chi connectivity index (χ4v) is 4.30. The number of hydrogen-bond donors (Lipinski definition) is 0. The number of piperidine rings is 1. The molecule has 2 aliphatic rings. The van der Waals surface area contributed by atoms with Crippen LogP contribution in [0.5, 0.6) is 0 Å². The maximum absolute atomic E-state index is 13.4. The van der Waals surface area contributed by atoms with Crippen LogP contribution in [0.4, 0.5) is 4.79 Å². The number of cyclic esters (lactones) is 1. The van der Waals surface area contributed by atoms with Crippen LogP contribution in [0.3, 0.4) is 0 Å². The molecule has 0 N–H and O–H groups in total. The maximum atomic E-state index is 13.4. The first-order chi connectivity index (χ1) is 14.4. The van der Waals surface area contributed by atoms with E-state index in [0.29, 0.717) is 32.8 Å². The molecule has 7 heteroatoms. The van der Waals surface area contributed by atoms with E-state index in [-0.39, 0.29) is 24.5 Å². The third-order valence-electron chi connectivity index (χ3n) is 5.81. The van der Waals surface area contributed by atoms with E-state index in [2.05, 4.69) is 25.0 Å². The monoisotopic (exact) mass is 414 g/mol. The van der Waals surface area contributed by atoms with E-state index in [1.165, 1.54) is 0 Å². The molecule has 3 rings (SSSR count). The molecule has 0 radical (unpaired) electrons. The number of likely N-dealkylation sites (tertiary alicyclic amines) is 1. The van der Waals surface area contributed by atoms with E-state index in [1.807, 2.05) is 23.1 Å². The Kier molecular flexibility index (Phi) is 7.01. The Bertz CT molecular complexity index is 789. The topological polar surface area (TPSA) is 68.3 Å². The van der Waals surface area contributed by atoms with Crippen molar-refractivity contribution in [1.82, 2.24) is 9.80 Å². The first-order valence-electron chi connectivity index (χ1n) is 10.3. The van der Waals surface area contributed by atoms with Gasteiger partial charge in [0.25, 0.3) is 0 Å². The summed E-state index contributed by atoms with van der Waals surface area (Å²) >= 11 is 0. The average molecular weight is 415 g/mol. The van der Waals surface area contributed by atoms with Crippen molar-refractivity contribution in [3.05, 3.63) is 35.9 Å². The van der Waals surface area contributed by atoms with Crippen molar-refractivity contribution in [3.8, 4) is 12.3 Å². The molecule has 3 unspecified atom stereocenters. The predicted molar refractivity (Wildman–Crippen MR) is 112 cm³/mol. The SMILES string of the molecule is C#CCOCCOCCN1C(=O)C(N2C(=O)OC2(C)C)CC(c2ccccc2)C1C. The van der Waals surface area contributed by atoms with Gasteiger partial charge in [-0.15, -0.1) is 6.42 Å². The number of benzene rings is 1. The molecule has 7 nitrogen and oxygen atoms in total. The first kappa shape index (κ1) is 22.1. The zero-order valence-electron chi connectivity index (χ0n) is 17.9. The summed E-state index contributed by atoms with van der Waals surface area (Å²) < 4.78 is 16.1. The Balaban J connectivity index is 1.72. The predicted octanol–water partition coefficient (Wildman–Crippen LogP) is 2.61. The molecule has 0 bridgehead atoms. The van der Waals surface area contributed by atoms with E-state index < -0.39 is 17.9 Å². The molecule has 30 heavy (non-hydrogen) atoms. The Morgan fingerprint density at radius 1 is 1.17 bits per heavy atom. The smallest absolute Gasteiger partial charge is 0.415 e. The molecule has 2 saturated heterocycles. The molecule has 1 aromatic rings. The fourth-order valence-electron chi connectivity index (χ4n) is 4.30. The first-order valence-corrected chi connectivity index (χ1v) is 10.3. The number of carbonyl (C=O) groups excluding carboxylic acids is 2. The van der Waals surface area contributed by atoms with Crippen LogP contribution in [0.1, 0.15) is 38.7 Å². The molecular weight excluding hydrogens is 384 g/mol. The van der Waals surface area contributed by atoms with Crippen LogP contribution < -0.4 is 0 Å². The number of rotatable bonds is 9. The molecule has 2 amide bonds. The number of carbonyl (C=O) groups is 2. The third-order valence-corrected chi connectivity index (χ3v) is 5.81. The Morgan fingerprint density at radius 3 is 2.50 bits per heavy atom. The molecule has 2 aliphatic heterocycles. The lowest BCUT2D eigenvalue weighted by molar-refractivity contribution is -0.195. The van der Waals surface area contributed by atoms with Crippen LogP contribution in [0, 0.1) is 12.3 Å². The minimum Gasteiger partial charge on any atom is -0.423 e. The highest BCUT2D eigenvalue weighted by molar-refractivity contribution is 5.89. The van der Waals surface area contributed by atoms with Gasteiger partial charge in [0.05, 0.1) is 19.8 Å². The highest BCUT2D eigenvalue weighted by atomic mass is 16.6. The van der Waals surface area contributed by atoms with E-state index in [0.717, 1.165) is 5.56 Å². The van der Waals surface area contributed by atoms with Gasteiger partial charge in [0.1, 0.15) is 12.6 Å². The molecular formula is C23H30N2O5. The molecule has 1 aromatic carbocycles. The number of ether oxygens (including phenoxy) is 3. The van der Waals surface area contributed by atoms with Gasteiger partial charge in [-0.3, -0.25) is 9.69 Å². The Morgan fingerprint density at radius 2 is 1.87 bits per heavy atom. The van der Waals surface area contributed by atoms with Crippen LogP contribution in [0.25, 0.3) is 0 Å². The van der Waals surface area contributed by atoms with Gasteiger partial charge < -0.3 is 19.1 Å². The number of terminal acetylenes is 1.